The van der Waals surface area contributed by atoms with Gasteiger partial charge >= 0.3 is 0 Å². The van der Waals surface area contributed by atoms with E-state index in [-0.39, 0.29) is 5.41 Å². The standard InChI is InChI=1S/C49H33NS.C43H29NO.C43H29NS/c1-4-15-34(16-5-1)35-17-14-22-39(31-35)50(38-20-8-3-9-21-38)40-28-30-48-44(33-40)43-32-37(27-29-47(43)51-48)49(36-18-6-2-7-19-36)45-25-12-10-23-41(45)42-24-11-13-26-46(42)49;1-4-14-30(15-5-1)43(39-22-12-10-20-35(39)36-21-11-13-23-40(36)43)31-24-26-37-38-29-34(25-27-41(38)45-42(37)28-31)44(32-16-6-2-7-17-32)33-18-8-3-9-19-33;1-4-14-30(15-5-1)43(39-22-12-10-20-35(39)36-21-11-13-23-40(36)43)31-24-26-37-38-27-25-34(29-42(38)45-41(37)28-31)44(32-16-6-2-7-17-32)33-18-8-3-9-19-33/h1-33H;2*1-29H. The Labute approximate surface area is 828 Å². The van der Waals surface area contributed by atoms with Crippen LogP contribution in [0.2, 0.25) is 0 Å². The van der Waals surface area contributed by atoms with Gasteiger partial charge in [0.15, 0.2) is 0 Å². The van der Waals surface area contributed by atoms with Crippen LogP contribution in [0.3, 0.4) is 0 Å². The number of fused-ring (bicyclic) bond motifs is 18. The molecule has 22 aromatic carbocycles. The van der Waals surface area contributed by atoms with Crippen LogP contribution >= 0.6 is 22.7 Å². The number of hydrogen-bond donors (Lipinski definition) is 0. The summed E-state index contributed by atoms with van der Waals surface area (Å²) in [7, 11) is 0. The van der Waals surface area contributed by atoms with Gasteiger partial charge in [-0.25, -0.2) is 0 Å². The second-order valence-corrected chi connectivity index (χ2v) is 38.9. The van der Waals surface area contributed by atoms with Crippen LogP contribution in [0, 0.1) is 0 Å². The Morgan fingerprint density at radius 1 is 0.149 bits per heavy atom. The van der Waals surface area contributed by atoms with E-state index >= 15 is 0 Å². The number of anilines is 9. The third-order valence-corrected chi connectivity index (χ3v) is 31.5. The number of hydrogen-bond acceptors (Lipinski definition) is 6. The van der Waals surface area contributed by atoms with Crippen LogP contribution in [0.1, 0.15) is 66.8 Å². The lowest BCUT2D eigenvalue weighted by atomic mass is 9.67. The van der Waals surface area contributed by atoms with Crippen molar-refractivity contribution in [3.63, 3.8) is 0 Å². The largest absolute Gasteiger partial charge is 0.456 e. The second kappa shape index (κ2) is 35.2. The molecule has 0 bridgehead atoms. The first-order valence-corrected chi connectivity index (χ1v) is 50.0. The summed E-state index contributed by atoms with van der Waals surface area (Å²) >= 11 is 3.76. The first-order chi connectivity index (χ1) is 69.9. The van der Waals surface area contributed by atoms with Crippen LogP contribution in [0.25, 0.3) is 107 Å². The molecule has 28 rings (SSSR count). The number of furan rings is 1. The Bertz CT molecular complexity index is 8630. The molecule has 664 valence electrons. The van der Waals surface area contributed by atoms with E-state index in [0.29, 0.717) is 0 Å². The first kappa shape index (κ1) is 84.0. The van der Waals surface area contributed by atoms with Crippen molar-refractivity contribution in [2.24, 2.45) is 0 Å². The molecular weight excluding hydrogens is 1740 g/mol. The molecule has 0 unspecified atom stereocenters. The molecule has 3 heterocycles. The van der Waals surface area contributed by atoms with Crippen LogP contribution in [-0.2, 0) is 16.2 Å². The zero-order chi connectivity index (χ0) is 93.4. The second-order valence-electron chi connectivity index (χ2n) is 36.7. The van der Waals surface area contributed by atoms with Gasteiger partial charge in [-0.05, 0) is 257 Å². The lowest BCUT2D eigenvalue weighted by molar-refractivity contribution is 0.665. The molecule has 0 saturated heterocycles. The summed E-state index contributed by atoms with van der Waals surface area (Å²) in [6.07, 6.45) is 0. The van der Waals surface area contributed by atoms with Crippen LogP contribution < -0.4 is 14.7 Å². The Hall–Kier alpha value is -17.5. The van der Waals surface area contributed by atoms with E-state index in [4.69, 9.17) is 4.42 Å². The van der Waals surface area contributed by atoms with E-state index in [0.717, 1.165) is 73.1 Å². The van der Waals surface area contributed by atoms with Gasteiger partial charge in [-0.2, -0.15) is 0 Å². The van der Waals surface area contributed by atoms with Gasteiger partial charge in [0.1, 0.15) is 11.2 Å². The minimum atomic E-state index is -0.454. The van der Waals surface area contributed by atoms with Gasteiger partial charge in [0.05, 0.1) is 16.2 Å². The summed E-state index contributed by atoms with van der Waals surface area (Å²) in [4.78, 5) is 7.02. The fourth-order valence-electron chi connectivity index (χ4n) is 23.2. The highest BCUT2D eigenvalue weighted by molar-refractivity contribution is 7.26. The van der Waals surface area contributed by atoms with Gasteiger partial charge in [0, 0.05) is 102 Å². The summed E-state index contributed by atoms with van der Waals surface area (Å²) in [6.45, 7) is 0. The molecule has 0 N–H and O–H groups in total. The normalized spacial score (nSPS) is 13.0. The van der Waals surface area contributed by atoms with Crippen LogP contribution in [0.15, 0.2) is 556 Å². The van der Waals surface area contributed by atoms with E-state index in [2.05, 4.69) is 567 Å². The summed E-state index contributed by atoms with van der Waals surface area (Å²) in [5.41, 5.74) is 36.5. The highest BCUT2D eigenvalue weighted by atomic mass is 32.1. The third kappa shape index (κ3) is 14.0. The van der Waals surface area contributed by atoms with Gasteiger partial charge in [0.25, 0.3) is 0 Å². The van der Waals surface area contributed by atoms with Crippen LogP contribution in [0.5, 0.6) is 0 Å². The zero-order valence-corrected chi connectivity index (χ0v) is 78.7. The highest BCUT2D eigenvalue weighted by Gasteiger charge is 2.49. The number of rotatable bonds is 16. The van der Waals surface area contributed by atoms with Gasteiger partial charge in [-0.1, -0.05) is 406 Å². The van der Waals surface area contributed by atoms with E-state index in [9.17, 15) is 0 Å². The molecule has 3 aliphatic rings. The summed E-state index contributed by atoms with van der Waals surface area (Å²) in [5.74, 6) is 0. The van der Waals surface area contributed by atoms with Crippen molar-refractivity contribution in [1.82, 2.24) is 0 Å². The summed E-state index contributed by atoms with van der Waals surface area (Å²) in [5, 5.41) is 7.38. The van der Waals surface area contributed by atoms with Crippen molar-refractivity contribution in [3.8, 4) is 44.5 Å². The fraction of sp³-hybridized carbons (Fsp3) is 0.0222. The van der Waals surface area contributed by atoms with Gasteiger partial charge in [-0.3, -0.25) is 0 Å². The molecule has 3 aromatic heterocycles. The quantitative estimate of drug-likeness (QED) is 0.0962. The van der Waals surface area contributed by atoms with Gasteiger partial charge in [0.2, 0.25) is 0 Å². The predicted molar refractivity (Wildman–Crippen MR) is 594 cm³/mol. The number of para-hydroxylation sites is 5. The fourth-order valence-corrected chi connectivity index (χ4v) is 25.5. The maximum atomic E-state index is 6.64. The Kier molecular flexibility index (Phi) is 21.0. The van der Waals surface area contributed by atoms with Gasteiger partial charge in [-0.15, -0.1) is 22.7 Å². The lowest BCUT2D eigenvalue weighted by Crippen LogP contribution is -2.28. The Balaban J connectivity index is 0.000000109. The smallest absolute Gasteiger partial charge is 0.135 e. The van der Waals surface area contributed by atoms with E-state index in [1.165, 1.54) is 152 Å². The summed E-state index contributed by atoms with van der Waals surface area (Å²) in [6, 6.07) is 201. The van der Waals surface area contributed by atoms with E-state index < -0.39 is 10.8 Å². The number of nitrogens with zero attached hydrogens (tertiary/aromatic N) is 3. The maximum absolute atomic E-state index is 6.64. The van der Waals surface area contributed by atoms with Crippen molar-refractivity contribution in [2.75, 3.05) is 14.7 Å². The molecule has 0 fully saturated rings. The average Bonchev–Trinajstić information content (AvgIpc) is 1.55. The topological polar surface area (TPSA) is 22.9 Å². The van der Waals surface area contributed by atoms with Crippen molar-refractivity contribution >= 4 is 136 Å². The Morgan fingerprint density at radius 2 is 0.426 bits per heavy atom. The molecule has 0 amide bonds. The highest BCUT2D eigenvalue weighted by Crippen LogP contribution is 2.61. The Morgan fingerprint density at radius 3 is 0.851 bits per heavy atom. The maximum Gasteiger partial charge on any atom is 0.135 e. The number of thiophene rings is 2. The predicted octanol–water partition coefficient (Wildman–Crippen LogP) is 36.9. The molecule has 0 radical (unpaired) electrons. The number of benzene rings is 22. The third-order valence-electron chi connectivity index (χ3n) is 29.2. The molecule has 25 aromatic rings. The summed E-state index contributed by atoms with van der Waals surface area (Å²) < 4.78 is 11.8. The van der Waals surface area contributed by atoms with Crippen molar-refractivity contribution in [3.05, 3.63) is 619 Å². The first-order valence-electron chi connectivity index (χ1n) is 48.4. The molecule has 0 spiro atoms. The van der Waals surface area contributed by atoms with Crippen LogP contribution in [0.4, 0.5) is 51.2 Å². The monoisotopic (exact) mass is 1830 g/mol. The van der Waals surface area contributed by atoms with Crippen LogP contribution in [-0.4, -0.2) is 0 Å². The lowest BCUT2D eigenvalue weighted by Gasteiger charge is -2.34. The van der Waals surface area contributed by atoms with Crippen molar-refractivity contribution in [2.45, 2.75) is 16.2 Å². The molecule has 0 atom stereocenters. The molecule has 0 aliphatic heterocycles. The SMILES string of the molecule is c1ccc(-c2cccc(N(c3ccccc3)c3ccc4sc5ccc(C6(c7ccccc7)c7ccccc7-c7ccccc76)cc5c4c3)c2)cc1.c1ccc(N(c2ccccc2)c2ccc3c(c2)sc2cc(C4(c5ccccc5)c5ccccc5-c5ccccc54)ccc23)cc1.c1ccc(N(c2ccccc2)c2ccc3oc4cc(C5(c6ccccc6)c6ccccc6-c6ccccc65)ccc4c3c2)cc1. The van der Waals surface area contributed by atoms with Gasteiger partial charge < -0.3 is 19.1 Å². The molecule has 4 nitrogen and oxygen atoms in total. The molecule has 3 aliphatic carbocycles. The van der Waals surface area contributed by atoms with E-state index in [1.807, 2.05) is 22.7 Å². The average molecular weight is 1840 g/mol. The minimum Gasteiger partial charge on any atom is -0.456 e. The molecule has 0 saturated carbocycles. The molecule has 6 heteroatoms. The zero-order valence-electron chi connectivity index (χ0n) is 77.1. The molecule has 141 heavy (non-hydrogen) atoms. The molecular formula is C135H91N3OS2. The van der Waals surface area contributed by atoms with E-state index in [1.54, 1.807) is 0 Å². The van der Waals surface area contributed by atoms with Crippen molar-refractivity contribution < 1.29 is 4.42 Å². The minimum absolute atomic E-state index is 0.388. The van der Waals surface area contributed by atoms with Crippen molar-refractivity contribution in [1.29, 1.82) is 0 Å².